The van der Waals surface area contributed by atoms with Crippen molar-refractivity contribution in [3.8, 4) is 0 Å². The van der Waals surface area contributed by atoms with Gasteiger partial charge in [-0.15, -0.1) is 0 Å². The van der Waals surface area contributed by atoms with Crippen LogP contribution in [0.3, 0.4) is 0 Å². The first-order valence-electron chi connectivity index (χ1n) is 28.5. The molecule has 11 nitrogen and oxygen atoms in total. The van der Waals surface area contributed by atoms with Crippen molar-refractivity contribution in [3.63, 3.8) is 0 Å². The molecule has 1 fully saturated rings. The number of rotatable bonds is 48. The molecule has 69 heavy (non-hydrogen) atoms. The molecule has 9 unspecified atom stereocenters. The van der Waals surface area contributed by atoms with Crippen LogP contribution in [0.2, 0.25) is 0 Å². The fraction of sp³-hybridized carbons (Fsp3) is 0.845. The Hall–Kier alpha value is -1.93. The third-order valence-corrected chi connectivity index (χ3v) is 13.6. The Morgan fingerprint density at radius 3 is 1.29 bits per heavy atom. The molecule has 404 valence electrons. The molecule has 1 rings (SSSR count). The van der Waals surface area contributed by atoms with E-state index in [1.165, 1.54) is 141 Å². The van der Waals surface area contributed by atoms with Crippen molar-refractivity contribution in [1.82, 2.24) is 5.32 Å². The Labute approximate surface area is 421 Å². The van der Waals surface area contributed by atoms with Crippen LogP contribution in [0.25, 0.3) is 0 Å². The molecule has 0 bridgehead atoms. The van der Waals surface area contributed by atoms with Gasteiger partial charge >= 0.3 is 0 Å². The summed E-state index contributed by atoms with van der Waals surface area (Å²) in [5, 5.41) is 76.0. The average molecular weight is 978 g/mol. The maximum atomic E-state index is 13.1. The normalized spacial score (nSPS) is 20.7. The molecule has 0 aromatic rings. The maximum absolute atomic E-state index is 13.1. The van der Waals surface area contributed by atoms with Crippen LogP contribution in [0, 0.1) is 0 Å². The molecule has 0 aromatic carbocycles. The second-order valence-electron chi connectivity index (χ2n) is 20.0. The van der Waals surface area contributed by atoms with Crippen molar-refractivity contribution >= 4 is 5.91 Å². The van der Waals surface area contributed by atoms with Gasteiger partial charge in [-0.25, -0.2) is 0 Å². The van der Waals surface area contributed by atoms with E-state index < -0.39 is 74.2 Å². The molecule has 0 saturated carbocycles. The molecule has 8 N–H and O–H groups in total. The summed E-state index contributed by atoms with van der Waals surface area (Å²) in [5.74, 6) is -0.721. The number of ether oxygens (including phenoxy) is 2. The molecule has 11 heteroatoms. The smallest absolute Gasteiger partial charge is 0.249 e. The Balaban J connectivity index is 2.35. The predicted molar refractivity (Wildman–Crippen MR) is 284 cm³/mol. The lowest BCUT2D eigenvalue weighted by Crippen LogP contribution is -2.60. The number of unbranched alkanes of at least 4 members (excludes halogenated alkanes) is 28. The Kier molecular flexibility index (Phi) is 44.4. The van der Waals surface area contributed by atoms with Crippen LogP contribution in [-0.4, -0.2) is 110 Å². The summed E-state index contributed by atoms with van der Waals surface area (Å²) in [4.78, 5) is 13.1. The van der Waals surface area contributed by atoms with Gasteiger partial charge in [0.1, 0.15) is 36.6 Å². The Bertz CT molecular complexity index is 1260. The highest BCUT2D eigenvalue weighted by molar-refractivity contribution is 5.80. The summed E-state index contributed by atoms with van der Waals surface area (Å²) in [7, 11) is 0. The zero-order valence-electron chi connectivity index (χ0n) is 44.0. The highest BCUT2D eigenvalue weighted by Crippen LogP contribution is 2.23. The minimum atomic E-state index is -1.68. The van der Waals surface area contributed by atoms with Crippen LogP contribution in [-0.2, 0) is 14.3 Å². The second-order valence-corrected chi connectivity index (χ2v) is 20.0. The van der Waals surface area contributed by atoms with Gasteiger partial charge in [-0.3, -0.25) is 4.79 Å². The Morgan fingerprint density at radius 1 is 0.493 bits per heavy atom. The molecule has 0 spiro atoms. The molecule has 1 saturated heterocycles. The van der Waals surface area contributed by atoms with E-state index in [0.717, 1.165) is 57.8 Å². The molecule has 0 aliphatic carbocycles. The monoisotopic (exact) mass is 978 g/mol. The largest absolute Gasteiger partial charge is 0.394 e. The minimum Gasteiger partial charge on any atom is -0.394 e. The van der Waals surface area contributed by atoms with E-state index in [0.29, 0.717) is 19.3 Å². The first-order valence-corrected chi connectivity index (χ1v) is 28.5. The minimum absolute atomic E-state index is 0.234. The number of allylic oxidation sites excluding steroid dienone is 8. The fourth-order valence-corrected chi connectivity index (χ4v) is 8.88. The van der Waals surface area contributed by atoms with Gasteiger partial charge in [-0.05, 0) is 89.9 Å². The third kappa shape index (κ3) is 35.8. The number of nitrogens with one attached hydrogen (secondary N) is 1. The number of hydrogen-bond acceptors (Lipinski definition) is 10. The van der Waals surface area contributed by atoms with Gasteiger partial charge in [0.25, 0.3) is 0 Å². The summed E-state index contributed by atoms with van der Waals surface area (Å²) in [6, 6.07) is -1.20. The summed E-state index contributed by atoms with van der Waals surface area (Å²) >= 11 is 0. The lowest BCUT2D eigenvalue weighted by atomic mass is 9.98. The summed E-state index contributed by atoms with van der Waals surface area (Å²) < 4.78 is 11.1. The zero-order chi connectivity index (χ0) is 50.4. The van der Waals surface area contributed by atoms with E-state index in [9.17, 15) is 40.5 Å². The number of amides is 1. The quantitative estimate of drug-likeness (QED) is 0.0215. The molecule has 9 atom stereocenters. The summed E-state index contributed by atoms with van der Waals surface area (Å²) in [5.41, 5.74) is 0. The van der Waals surface area contributed by atoms with Crippen LogP contribution in [0.15, 0.2) is 48.6 Å². The molecular formula is C58H107NO10. The average Bonchev–Trinajstić information content (AvgIpc) is 3.35. The number of aliphatic hydroxyl groups excluding tert-OH is 7. The van der Waals surface area contributed by atoms with Gasteiger partial charge in [-0.2, -0.15) is 0 Å². The van der Waals surface area contributed by atoms with Crippen molar-refractivity contribution in [1.29, 1.82) is 0 Å². The first kappa shape index (κ1) is 65.1. The molecule has 1 aliphatic rings. The molecule has 0 aromatic heterocycles. The molecular weight excluding hydrogens is 871 g/mol. The number of carbonyl (C=O) groups is 1. The topological polar surface area (TPSA) is 189 Å². The van der Waals surface area contributed by atoms with Crippen molar-refractivity contribution in [2.45, 2.75) is 300 Å². The highest BCUT2D eigenvalue weighted by Gasteiger charge is 2.44. The van der Waals surface area contributed by atoms with Crippen molar-refractivity contribution in [2.24, 2.45) is 0 Å². The first-order chi connectivity index (χ1) is 33.7. The van der Waals surface area contributed by atoms with E-state index in [2.05, 4.69) is 67.8 Å². The van der Waals surface area contributed by atoms with E-state index in [-0.39, 0.29) is 12.8 Å². The van der Waals surface area contributed by atoms with Crippen molar-refractivity contribution in [2.75, 3.05) is 13.2 Å². The summed E-state index contributed by atoms with van der Waals surface area (Å²) in [6.07, 6.45) is 47.5. The Morgan fingerprint density at radius 2 is 0.870 bits per heavy atom. The standard InChI is InChI=1S/C58H107NO10/c1-3-5-7-9-11-13-15-17-19-20-21-22-23-24-25-26-27-28-29-30-32-33-35-37-39-41-43-45-50(61)53(63)49(48-68-58-56(66)55(65)54(64)52(47-60)69-58)59-57(67)51(62)46-44-42-40-38-36-34-31-18-16-14-12-10-8-6-4-2/h26-27,30-32,34,37,39,49-56,58,60-66H,3-25,28-29,33,35-36,38,40-48H2,1-2H3,(H,59,67)/b27-26+,32-30+,34-31-,39-37+. The van der Waals surface area contributed by atoms with Crippen LogP contribution in [0.5, 0.6) is 0 Å². The number of aliphatic hydroxyl groups is 7. The van der Waals surface area contributed by atoms with Gasteiger partial charge in [-0.1, -0.05) is 204 Å². The van der Waals surface area contributed by atoms with Crippen LogP contribution >= 0.6 is 0 Å². The second kappa shape index (κ2) is 47.1. The van der Waals surface area contributed by atoms with Gasteiger partial charge < -0.3 is 50.5 Å². The van der Waals surface area contributed by atoms with Crippen LogP contribution in [0.4, 0.5) is 0 Å². The van der Waals surface area contributed by atoms with E-state index in [4.69, 9.17) is 9.47 Å². The predicted octanol–water partition coefficient (Wildman–Crippen LogP) is 11.7. The molecule has 1 heterocycles. The maximum Gasteiger partial charge on any atom is 0.249 e. The summed E-state index contributed by atoms with van der Waals surface area (Å²) in [6.45, 7) is 3.43. The number of carbonyl (C=O) groups excluding carboxylic acids is 1. The molecule has 1 aliphatic heterocycles. The van der Waals surface area contributed by atoms with Gasteiger partial charge in [0.15, 0.2) is 6.29 Å². The van der Waals surface area contributed by atoms with Crippen LogP contribution < -0.4 is 5.32 Å². The lowest BCUT2D eigenvalue weighted by Gasteiger charge is -2.40. The van der Waals surface area contributed by atoms with Crippen LogP contribution in [0.1, 0.15) is 245 Å². The van der Waals surface area contributed by atoms with Crippen molar-refractivity contribution in [3.05, 3.63) is 48.6 Å². The van der Waals surface area contributed by atoms with Gasteiger partial charge in [0, 0.05) is 0 Å². The van der Waals surface area contributed by atoms with E-state index in [1.807, 2.05) is 0 Å². The SMILES string of the molecule is CCCCCCCCC/C=C\CCCCCCC(O)C(=O)NC(COC1OC(CO)C(O)C(O)C1O)C(O)C(O)CCC/C=C/CC/C=C/CC/C=C/CCCCCCCCCCCCCCCC. The van der Waals surface area contributed by atoms with Gasteiger partial charge in [0.2, 0.25) is 5.91 Å². The fourth-order valence-electron chi connectivity index (χ4n) is 8.88. The zero-order valence-corrected chi connectivity index (χ0v) is 44.0. The van der Waals surface area contributed by atoms with Crippen molar-refractivity contribution < 1.29 is 50.0 Å². The highest BCUT2D eigenvalue weighted by atomic mass is 16.7. The third-order valence-electron chi connectivity index (χ3n) is 13.6. The lowest BCUT2D eigenvalue weighted by molar-refractivity contribution is -0.303. The van der Waals surface area contributed by atoms with E-state index in [1.54, 1.807) is 0 Å². The van der Waals surface area contributed by atoms with Gasteiger partial charge in [0.05, 0.1) is 25.4 Å². The number of hydrogen-bond donors (Lipinski definition) is 8. The molecule has 1 amide bonds. The van der Waals surface area contributed by atoms with E-state index >= 15 is 0 Å². The molecule has 0 radical (unpaired) electrons.